The molecule has 1 fully saturated rings. The molecule has 6 nitrogen and oxygen atoms in total. The topological polar surface area (TPSA) is 68.5 Å². The summed E-state index contributed by atoms with van der Waals surface area (Å²) in [5.74, 6) is 0.141. The van der Waals surface area contributed by atoms with Gasteiger partial charge in [-0.3, -0.25) is 9.78 Å². The lowest BCUT2D eigenvalue weighted by Gasteiger charge is -2.23. The van der Waals surface area contributed by atoms with E-state index < -0.39 is 0 Å². The van der Waals surface area contributed by atoms with Crippen molar-refractivity contribution in [3.63, 3.8) is 0 Å². The highest BCUT2D eigenvalue weighted by Crippen LogP contribution is 2.21. The first kappa shape index (κ1) is 16.7. The van der Waals surface area contributed by atoms with Crippen molar-refractivity contribution >= 4 is 16.9 Å². The number of amides is 1. The molecule has 1 aliphatic rings. The van der Waals surface area contributed by atoms with E-state index in [0.29, 0.717) is 32.0 Å². The average Bonchev–Trinajstić information content (AvgIpc) is 2.99. The molecule has 3 aromatic rings. The van der Waals surface area contributed by atoms with Gasteiger partial charge < -0.3 is 14.1 Å². The Labute approximate surface area is 151 Å². The van der Waals surface area contributed by atoms with Gasteiger partial charge in [-0.15, -0.1) is 0 Å². The number of fused-ring (bicyclic) bond motifs is 1. The summed E-state index contributed by atoms with van der Waals surface area (Å²) in [4.78, 5) is 23.0. The summed E-state index contributed by atoms with van der Waals surface area (Å²) in [5.41, 5.74) is 3.26. The molecule has 26 heavy (non-hydrogen) atoms. The van der Waals surface area contributed by atoms with E-state index in [-0.39, 0.29) is 11.8 Å². The number of hydrogen-bond acceptors (Lipinski definition) is 5. The van der Waals surface area contributed by atoms with E-state index in [0.717, 1.165) is 23.1 Å². The zero-order valence-electron chi connectivity index (χ0n) is 14.7. The highest BCUT2D eigenvalue weighted by Gasteiger charge is 2.24. The summed E-state index contributed by atoms with van der Waals surface area (Å²) in [6.07, 6.45) is 5.70. The van der Waals surface area contributed by atoms with Gasteiger partial charge in [0, 0.05) is 30.6 Å². The van der Waals surface area contributed by atoms with Crippen LogP contribution in [0.3, 0.4) is 0 Å². The van der Waals surface area contributed by atoms with E-state index in [9.17, 15) is 4.79 Å². The minimum Gasteiger partial charge on any atom is -0.464 e. The van der Waals surface area contributed by atoms with Crippen molar-refractivity contribution in [1.29, 1.82) is 0 Å². The summed E-state index contributed by atoms with van der Waals surface area (Å²) in [7, 11) is 0. The van der Waals surface area contributed by atoms with Crippen LogP contribution < -0.4 is 0 Å². The molecule has 4 rings (SSSR count). The molecule has 0 spiro atoms. The van der Waals surface area contributed by atoms with Crippen molar-refractivity contribution in [2.75, 3.05) is 26.3 Å². The molecule has 0 bridgehead atoms. The number of aromatic nitrogens is 2. The van der Waals surface area contributed by atoms with Crippen molar-refractivity contribution in [3.05, 3.63) is 59.9 Å². The van der Waals surface area contributed by atoms with Gasteiger partial charge in [-0.2, -0.15) is 0 Å². The normalized spacial score (nSPS) is 18.0. The number of ether oxygens (including phenoxy) is 1. The summed E-state index contributed by atoms with van der Waals surface area (Å²) in [5, 5.41) is 1.10. The van der Waals surface area contributed by atoms with E-state index in [1.165, 1.54) is 5.56 Å². The van der Waals surface area contributed by atoms with Crippen LogP contribution in [0.2, 0.25) is 0 Å². The van der Waals surface area contributed by atoms with Crippen LogP contribution in [-0.2, 0) is 11.2 Å². The molecule has 1 atom stereocenters. The van der Waals surface area contributed by atoms with Gasteiger partial charge in [-0.1, -0.05) is 12.1 Å². The van der Waals surface area contributed by atoms with Crippen molar-refractivity contribution < 1.29 is 13.9 Å². The third-order valence-corrected chi connectivity index (χ3v) is 4.67. The van der Waals surface area contributed by atoms with Crippen LogP contribution in [0, 0.1) is 12.8 Å². The Kier molecular flexibility index (Phi) is 4.67. The van der Waals surface area contributed by atoms with Gasteiger partial charge in [0.15, 0.2) is 0 Å². The molecule has 1 unspecified atom stereocenters. The fraction of sp³-hybridized carbons (Fsp3) is 0.350. The first-order valence-corrected chi connectivity index (χ1v) is 8.81. The summed E-state index contributed by atoms with van der Waals surface area (Å²) < 4.78 is 11.2. The predicted octanol–water partition coefficient (Wildman–Crippen LogP) is 2.86. The quantitative estimate of drug-likeness (QED) is 0.726. The lowest BCUT2D eigenvalue weighted by molar-refractivity contribution is 0.0731. The van der Waals surface area contributed by atoms with Gasteiger partial charge in [0.1, 0.15) is 11.3 Å². The predicted molar refractivity (Wildman–Crippen MR) is 96.9 cm³/mol. The molecule has 0 N–H and O–H groups in total. The van der Waals surface area contributed by atoms with Gasteiger partial charge >= 0.3 is 0 Å². The van der Waals surface area contributed by atoms with Crippen LogP contribution in [0.25, 0.3) is 11.0 Å². The molecule has 134 valence electrons. The van der Waals surface area contributed by atoms with Crippen molar-refractivity contribution in [2.24, 2.45) is 5.92 Å². The minimum absolute atomic E-state index is 0.0884. The Balaban J connectivity index is 1.48. The molecule has 0 aliphatic carbocycles. The van der Waals surface area contributed by atoms with E-state index in [2.05, 4.69) is 28.2 Å². The third kappa shape index (κ3) is 3.60. The van der Waals surface area contributed by atoms with E-state index >= 15 is 0 Å². The van der Waals surface area contributed by atoms with Crippen molar-refractivity contribution in [1.82, 2.24) is 14.9 Å². The van der Waals surface area contributed by atoms with E-state index in [4.69, 9.17) is 9.15 Å². The largest absolute Gasteiger partial charge is 0.464 e. The average molecular weight is 351 g/mol. The maximum Gasteiger partial charge on any atom is 0.274 e. The summed E-state index contributed by atoms with van der Waals surface area (Å²) in [6.45, 7) is 4.25. The summed E-state index contributed by atoms with van der Waals surface area (Å²) >= 11 is 0. The zero-order chi connectivity index (χ0) is 17.9. The van der Waals surface area contributed by atoms with Crippen LogP contribution in [0.4, 0.5) is 0 Å². The Bertz CT molecular complexity index is 904. The van der Waals surface area contributed by atoms with Gasteiger partial charge in [0.25, 0.3) is 5.91 Å². The van der Waals surface area contributed by atoms with Crippen molar-refractivity contribution in [3.8, 4) is 0 Å². The number of furan rings is 1. The van der Waals surface area contributed by atoms with E-state index in [1.807, 2.05) is 17.9 Å². The Hall–Kier alpha value is -2.73. The highest BCUT2D eigenvalue weighted by molar-refractivity contribution is 5.92. The Morgan fingerprint density at radius 3 is 3.04 bits per heavy atom. The molecule has 6 heteroatoms. The molecule has 0 saturated carbocycles. The number of carbonyl (C=O) groups is 1. The maximum absolute atomic E-state index is 12.8. The van der Waals surface area contributed by atoms with Crippen molar-refractivity contribution in [2.45, 2.75) is 13.3 Å². The molecular weight excluding hydrogens is 330 g/mol. The van der Waals surface area contributed by atoms with Gasteiger partial charge in [-0.25, -0.2) is 4.98 Å². The fourth-order valence-electron chi connectivity index (χ4n) is 3.31. The smallest absolute Gasteiger partial charge is 0.274 e. The number of aryl methyl sites for hydroxylation is 1. The first-order valence-electron chi connectivity index (χ1n) is 8.81. The number of hydrogen-bond donors (Lipinski definition) is 0. The zero-order valence-corrected chi connectivity index (χ0v) is 14.7. The van der Waals surface area contributed by atoms with E-state index in [1.54, 1.807) is 18.7 Å². The second-order valence-electron chi connectivity index (χ2n) is 6.73. The van der Waals surface area contributed by atoms with Gasteiger partial charge in [0.05, 0.1) is 31.4 Å². The number of nitrogens with zero attached hydrogens (tertiary/aromatic N) is 3. The molecule has 0 radical (unpaired) electrons. The third-order valence-electron chi connectivity index (χ3n) is 4.67. The first-order chi connectivity index (χ1) is 12.7. The molecule has 3 heterocycles. The molecule has 1 aliphatic heterocycles. The van der Waals surface area contributed by atoms with Gasteiger partial charge in [0.2, 0.25) is 0 Å². The van der Waals surface area contributed by atoms with Crippen LogP contribution in [0.5, 0.6) is 0 Å². The molecule has 1 amide bonds. The Morgan fingerprint density at radius 2 is 2.19 bits per heavy atom. The van der Waals surface area contributed by atoms with Crippen LogP contribution in [-0.4, -0.2) is 47.1 Å². The fourth-order valence-corrected chi connectivity index (χ4v) is 3.31. The standard InChI is InChI=1S/C20H21N3O3/c1-14-10-22-18(11-21-14)20(24)23-5-7-25-13-16(12-23)8-15-2-3-17-4-6-26-19(17)9-15/h2-4,6,9-11,16H,5,7-8,12-13H2,1H3. The van der Waals surface area contributed by atoms with Crippen LogP contribution in [0.15, 0.2) is 47.3 Å². The SMILES string of the molecule is Cc1cnc(C(=O)N2CCOCC(Cc3ccc4ccoc4c3)C2)cn1. The monoisotopic (exact) mass is 351 g/mol. The molecule has 1 aromatic carbocycles. The molecule has 1 saturated heterocycles. The summed E-state index contributed by atoms with van der Waals surface area (Å²) in [6, 6.07) is 8.20. The second kappa shape index (κ2) is 7.25. The molecular formula is C20H21N3O3. The highest BCUT2D eigenvalue weighted by atomic mass is 16.5. The Morgan fingerprint density at radius 1 is 1.27 bits per heavy atom. The maximum atomic E-state index is 12.8. The van der Waals surface area contributed by atoms with Gasteiger partial charge in [-0.05, 0) is 31.0 Å². The number of benzene rings is 1. The molecule has 2 aromatic heterocycles. The second-order valence-corrected chi connectivity index (χ2v) is 6.73. The lowest BCUT2D eigenvalue weighted by atomic mass is 9.99. The lowest BCUT2D eigenvalue weighted by Crippen LogP contribution is -2.37. The number of carbonyl (C=O) groups excluding carboxylic acids is 1. The van der Waals surface area contributed by atoms with Crippen LogP contribution in [0.1, 0.15) is 21.7 Å². The number of rotatable bonds is 3. The minimum atomic E-state index is -0.0884. The van der Waals surface area contributed by atoms with Crippen LogP contribution >= 0.6 is 0 Å².